The number of ether oxygens (including phenoxy) is 2. The molecule has 1 fully saturated rings. The molecule has 0 N–H and O–H groups in total. The summed E-state index contributed by atoms with van der Waals surface area (Å²) in [4.78, 5) is 8.68. The van der Waals surface area contributed by atoms with E-state index in [-0.39, 0.29) is 0 Å². The van der Waals surface area contributed by atoms with Crippen molar-refractivity contribution in [3.63, 3.8) is 0 Å². The lowest BCUT2D eigenvalue weighted by Gasteiger charge is -2.10. The minimum Gasteiger partial charge on any atom is -0.345 e. The summed E-state index contributed by atoms with van der Waals surface area (Å²) in [6, 6.07) is 7.56. The molecule has 3 rings (SSSR count). The largest absolute Gasteiger partial charge is 0.345 e. The summed E-state index contributed by atoms with van der Waals surface area (Å²) in [5.41, 5.74) is 2.12. The summed E-state index contributed by atoms with van der Waals surface area (Å²) < 4.78 is 10.7. The van der Waals surface area contributed by atoms with Crippen molar-refractivity contribution in [2.24, 2.45) is 0 Å². The van der Waals surface area contributed by atoms with Crippen LogP contribution in [0.15, 0.2) is 24.3 Å². The molecule has 2 aromatic rings. The highest BCUT2D eigenvalue weighted by atomic mass is 35.5. The van der Waals surface area contributed by atoms with E-state index in [0.29, 0.717) is 24.1 Å². The van der Waals surface area contributed by atoms with E-state index in [1.165, 1.54) is 0 Å². The summed E-state index contributed by atoms with van der Waals surface area (Å²) in [5.74, 6) is 0. The highest BCUT2D eigenvalue weighted by Gasteiger charge is 2.23. The van der Waals surface area contributed by atoms with Crippen molar-refractivity contribution in [1.82, 2.24) is 9.97 Å². The van der Waals surface area contributed by atoms with Gasteiger partial charge in [-0.15, -0.1) is 0 Å². The van der Waals surface area contributed by atoms with Gasteiger partial charge < -0.3 is 9.47 Å². The fraction of sp³-hybridized carbons (Fsp3) is 0.273. The van der Waals surface area contributed by atoms with Crippen LogP contribution in [0.25, 0.3) is 11.0 Å². The minimum atomic E-state index is -0.482. The SMILES string of the molecule is Clc1nc2ccccc2nc1C1OCCO1. The quantitative estimate of drug-likeness (QED) is 0.762. The van der Waals surface area contributed by atoms with E-state index in [4.69, 9.17) is 21.1 Å². The Bertz CT molecular complexity index is 526. The molecule has 0 bridgehead atoms. The molecule has 16 heavy (non-hydrogen) atoms. The van der Waals surface area contributed by atoms with Gasteiger partial charge in [0.15, 0.2) is 5.15 Å². The second-order valence-electron chi connectivity index (χ2n) is 3.46. The first-order chi connectivity index (χ1) is 7.84. The predicted molar refractivity (Wildman–Crippen MR) is 59.2 cm³/mol. The van der Waals surface area contributed by atoms with Crippen molar-refractivity contribution in [3.8, 4) is 0 Å². The van der Waals surface area contributed by atoms with Crippen LogP contribution in [0.5, 0.6) is 0 Å². The smallest absolute Gasteiger partial charge is 0.204 e. The number of aromatic nitrogens is 2. The number of rotatable bonds is 1. The molecule has 0 atom stereocenters. The number of para-hydroxylation sites is 2. The van der Waals surface area contributed by atoms with Gasteiger partial charge in [-0.1, -0.05) is 23.7 Å². The zero-order valence-electron chi connectivity index (χ0n) is 8.39. The Morgan fingerprint density at radius 2 is 1.69 bits per heavy atom. The van der Waals surface area contributed by atoms with Crippen molar-refractivity contribution in [2.45, 2.75) is 6.29 Å². The van der Waals surface area contributed by atoms with Gasteiger partial charge in [-0.3, -0.25) is 0 Å². The van der Waals surface area contributed by atoms with Gasteiger partial charge in [0.1, 0.15) is 5.69 Å². The normalized spacial score (nSPS) is 17.1. The molecule has 1 aliphatic heterocycles. The average Bonchev–Trinajstić information content (AvgIpc) is 2.81. The molecular formula is C11H9ClN2O2. The van der Waals surface area contributed by atoms with Gasteiger partial charge in [0.2, 0.25) is 6.29 Å². The number of fused-ring (bicyclic) bond motifs is 1. The van der Waals surface area contributed by atoms with Crippen LogP contribution >= 0.6 is 11.6 Å². The molecule has 4 nitrogen and oxygen atoms in total. The summed E-state index contributed by atoms with van der Waals surface area (Å²) in [6.07, 6.45) is -0.482. The molecule has 0 unspecified atom stereocenters. The Morgan fingerprint density at radius 1 is 1.06 bits per heavy atom. The minimum absolute atomic E-state index is 0.339. The van der Waals surface area contributed by atoms with Crippen molar-refractivity contribution in [1.29, 1.82) is 0 Å². The number of nitrogens with zero attached hydrogens (tertiary/aromatic N) is 2. The maximum Gasteiger partial charge on any atom is 0.204 e. The Balaban J connectivity index is 2.13. The predicted octanol–water partition coefficient (Wildman–Crippen LogP) is 2.33. The van der Waals surface area contributed by atoms with Crippen LogP contribution in [-0.4, -0.2) is 23.2 Å². The third-order valence-corrected chi connectivity index (χ3v) is 2.68. The number of hydrogen-bond donors (Lipinski definition) is 0. The first-order valence-corrected chi connectivity index (χ1v) is 5.38. The Kier molecular flexibility index (Phi) is 2.47. The van der Waals surface area contributed by atoms with Gasteiger partial charge in [0.05, 0.1) is 24.2 Å². The van der Waals surface area contributed by atoms with Crippen LogP contribution < -0.4 is 0 Å². The van der Waals surface area contributed by atoms with E-state index < -0.39 is 6.29 Å². The van der Waals surface area contributed by atoms with E-state index in [0.717, 1.165) is 11.0 Å². The van der Waals surface area contributed by atoms with Gasteiger partial charge in [-0.2, -0.15) is 0 Å². The Hall–Kier alpha value is -1.23. The first kappa shape index (κ1) is 9.96. The molecule has 5 heteroatoms. The molecule has 82 valence electrons. The maximum absolute atomic E-state index is 6.05. The van der Waals surface area contributed by atoms with E-state index in [2.05, 4.69) is 9.97 Å². The van der Waals surface area contributed by atoms with Gasteiger partial charge in [0.25, 0.3) is 0 Å². The van der Waals surface area contributed by atoms with E-state index in [9.17, 15) is 0 Å². The molecule has 2 heterocycles. The molecule has 0 amide bonds. The monoisotopic (exact) mass is 236 g/mol. The molecule has 0 radical (unpaired) electrons. The molecule has 0 spiro atoms. The molecule has 1 aromatic carbocycles. The average molecular weight is 237 g/mol. The lowest BCUT2D eigenvalue weighted by Crippen LogP contribution is -2.04. The van der Waals surface area contributed by atoms with E-state index in [1.54, 1.807) is 0 Å². The summed E-state index contributed by atoms with van der Waals surface area (Å²) >= 11 is 6.05. The molecular weight excluding hydrogens is 228 g/mol. The lowest BCUT2D eigenvalue weighted by molar-refractivity contribution is -0.0472. The van der Waals surface area contributed by atoms with Crippen LogP contribution in [0.2, 0.25) is 5.15 Å². The molecule has 0 aliphatic carbocycles. The summed E-state index contributed by atoms with van der Waals surface area (Å²) in [7, 11) is 0. The van der Waals surface area contributed by atoms with E-state index in [1.807, 2.05) is 24.3 Å². The molecule has 1 aromatic heterocycles. The topological polar surface area (TPSA) is 44.2 Å². The van der Waals surface area contributed by atoms with Crippen molar-refractivity contribution in [2.75, 3.05) is 13.2 Å². The fourth-order valence-electron chi connectivity index (χ4n) is 1.66. The highest BCUT2D eigenvalue weighted by molar-refractivity contribution is 6.30. The highest BCUT2D eigenvalue weighted by Crippen LogP contribution is 2.28. The maximum atomic E-state index is 6.05. The van der Waals surface area contributed by atoms with Crippen LogP contribution in [0.1, 0.15) is 12.0 Å². The Labute approximate surface area is 97.2 Å². The van der Waals surface area contributed by atoms with Crippen LogP contribution in [0, 0.1) is 0 Å². The fourth-order valence-corrected chi connectivity index (χ4v) is 1.88. The third-order valence-electron chi connectivity index (χ3n) is 2.40. The second kappa shape index (κ2) is 3.97. The van der Waals surface area contributed by atoms with Crippen LogP contribution in [0.3, 0.4) is 0 Å². The van der Waals surface area contributed by atoms with Gasteiger partial charge in [-0.25, -0.2) is 9.97 Å². The number of hydrogen-bond acceptors (Lipinski definition) is 4. The zero-order valence-corrected chi connectivity index (χ0v) is 9.15. The van der Waals surface area contributed by atoms with Crippen molar-refractivity contribution < 1.29 is 9.47 Å². The Morgan fingerprint density at radius 3 is 2.38 bits per heavy atom. The first-order valence-electron chi connectivity index (χ1n) is 5.00. The second-order valence-corrected chi connectivity index (χ2v) is 3.82. The molecule has 0 saturated carbocycles. The van der Waals surface area contributed by atoms with Crippen LogP contribution in [0.4, 0.5) is 0 Å². The van der Waals surface area contributed by atoms with Crippen molar-refractivity contribution >= 4 is 22.6 Å². The van der Waals surface area contributed by atoms with E-state index >= 15 is 0 Å². The van der Waals surface area contributed by atoms with Crippen LogP contribution in [-0.2, 0) is 9.47 Å². The third kappa shape index (κ3) is 1.65. The summed E-state index contributed by atoms with van der Waals surface area (Å²) in [5, 5.41) is 0.339. The molecule has 1 saturated heterocycles. The van der Waals surface area contributed by atoms with Crippen molar-refractivity contribution in [3.05, 3.63) is 35.1 Å². The zero-order chi connectivity index (χ0) is 11.0. The lowest BCUT2D eigenvalue weighted by atomic mass is 10.3. The van der Waals surface area contributed by atoms with Gasteiger partial charge in [0, 0.05) is 0 Å². The summed E-state index contributed by atoms with van der Waals surface area (Å²) in [6.45, 7) is 1.13. The van der Waals surface area contributed by atoms with Gasteiger partial charge in [-0.05, 0) is 12.1 Å². The number of halogens is 1. The molecule has 1 aliphatic rings. The standard InChI is InChI=1S/C11H9ClN2O2/c12-10-9(11-15-5-6-16-11)13-7-3-1-2-4-8(7)14-10/h1-4,11H,5-6H2. The van der Waals surface area contributed by atoms with Gasteiger partial charge >= 0.3 is 0 Å². The number of benzene rings is 1.